The lowest BCUT2D eigenvalue weighted by atomic mass is 10.1. The van der Waals surface area contributed by atoms with Crippen LogP contribution in [0.4, 0.5) is 0 Å². The van der Waals surface area contributed by atoms with E-state index in [1.165, 1.54) is 5.39 Å². The van der Waals surface area contributed by atoms with Gasteiger partial charge in [-0.1, -0.05) is 44.9 Å². The molecular weight excluding hydrogens is 250 g/mol. The van der Waals surface area contributed by atoms with Crippen molar-refractivity contribution in [1.29, 1.82) is 0 Å². The lowest BCUT2D eigenvalue weighted by Gasteiger charge is -2.19. The number of unbranched alkanes of at least 4 members (excludes halogenated alkanes) is 2. The maximum Gasteiger partial charge on any atom is 0.185 e. The first-order chi connectivity index (χ1) is 9.86. The Balaban J connectivity index is 2.13. The smallest absolute Gasteiger partial charge is 0.185 e. The molecule has 0 amide bonds. The van der Waals surface area contributed by atoms with Crippen LogP contribution < -0.4 is 0 Å². The van der Waals surface area contributed by atoms with Crippen molar-refractivity contribution in [2.45, 2.75) is 45.8 Å². The second-order valence-electron chi connectivity index (χ2n) is 5.07. The van der Waals surface area contributed by atoms with E-state index in [0.717, 1.165) is 50.0 Å². The average molecular weight is 275 g/mol. The van der Waals surface area contributed by atoms with Crippen LogP contribution in [0.25, 0.3) is 10.9 Å². The number of hydrogen-bond donors (Lipinski definition) is 1. The van der Waals surface area contributed by atoms with E-state index >= 15 is 0 Å². The molecule has 0 saturated heterocycles. The molecule has 0 fully saturated rings. The molecule has 20 heavy (non-hydrogen) atoms. The minimum atomic E-state index is -0.268. The molecule has 0 unspecified atom stereocenters. The molecule has 1 heterocycles. The van der Waals surface area contributed by atoms with Crippen LogP contribution in [0.3, 0.4) is 0 Å². The fraction of sp³-hybridized carbons (Fsp3) is 0.529. The Bertz CT molecular complexity index is 496. The first-order valence-electron chi connectivity index (χ1n) is 7.66. The SMILES string of the molecule is CCCCOC(OCCCC)c1cccc2cc[nH]c12. The lowest BCUT2D eigenvalue weighted by molar-refractivity contribution is -0.147. The monoisotopic (exact) mass is 275 g/mol. The third-order valence-electron chi connectivity index (χ3n) is 3.41. The number of hydrogen-bond acceptors (Lipinski definition) is 2. The van der Waals surface area contributed by atoms with E-state index in [9.17, 15) is 0 Å². The first kappa shape index (κ1) is 15.1. The zero-order valence-corrected chi connectivity index (χ0v) is 12.5. The molecule has 0 aliphatic rings. The van der Waals surface area contributed by atoms with Gasteiger partial charge in [0, 0.05) is 11.8 Å². The highest BCUT2D eigenvalue weighted by Crippen LogP contribution is 2.27. The first-order valence-corrected chi connectivity index (χ1v) is 7.66. The van der Waals surface area contributed by atoms with Crippen LogP contribution in [-0.4, -0.2) is 18.2 Å². The molecule has 0 aliphatic carbocycles. The van der Waals surface area contributed by atoms with Gasteiger partial charge in [-0.2, -0.15) is 0 Å². The van der Waals surface area contributed by atoms with Crippen LogP contribution >= 0.6 is 0 Å². The van der Waals surface area contributed by atoms with Gasteiger partial charge in [-0.25, -0.2) is 0 Å². The highest BCUT2D eigenvalue weighted by Gasteiger charge is 2.15. The molecule has 1 N–H and O–H groups in total. The van der Waals surface area contributed by atoms with Crippen LogP contribution in [-0.2, 0) is 9.47 Å². The van der Waals surface area contributed by atoms with Crippen LogP contribution in [0.1, 0.15) is 51.4 Å². The number of ether oxygens (including phenoxy) is 2. The molecule has 0 bridgehead atoms. The standard InChI is InChI=1S/C17H25NO2/c1-3-5-12-19-17(20-13-6-4-2)15-9-7-8-14-10-11-18-16(14)15/h7-11,17-18H,3-6,12-13H2,1-2H3. The van der Waals surface area contributed by atoms with E-state index in [0.29, 0.717) is 0 Å². The molecule has 2 rings (SSSR count). The van der Waals surface area contributed by atoms with Crippen LogP contribution in [0.5, 0.6) is 0 Å². The van der Waals surface area contributed by atoms with Gasteiger partial charge in [-0.3, -0.25) is 0 Å². The highest BCUT2D eigenvalue weighted by atomic mass is 16.7. The third-order valence-corrected chi connectivity index (χ3v) is 3.41. The quantitative estimate of drug-likeness (QED) is 0.527. The predicted molar refractivity (Wildman–Crippen MR) is 82.8 cm³/mol. The molecule has 3 nitrogen and oxygen atoms in total. The summed E-state index contributed by atoms with van der Waals surface area (Å²) in [7, 11) is 0. The van der Waals surface area contributed by atoms with Gasteiger partial charge in [0.05, 0.1) is 18.7 Å². The number of nitrogens with one attached hydrogen (secondary N) is 1. The topological polar surface area (TPSA) is 34.2 Å². The van der Waals surface area contributed by atoms with Gasteiger partial charge < -0.3 is 14.5 Å². The fourth-order valence-corrected chi connectivity index (χ4v) is 2.20. The van der Waals surface area contributed by atoms with E-state index in [1.54, 1.807) is 0 Å². The van der Waals surface area contributed by atoms with E-state index in [2.05, 4.69) is 43.1 Å². The molecular formula is C17H25NO2. The van der Waals surface area contributed by atoms with Crippen LogP contribution in [0.2, 0.25) is 0 Å². The van der Waals surface area contributed by atoms with Gasteiger partial charge in [0.25, 0.3) is 0 Å². The molecule has 2 aromatic rings. The minimum absolute atomic E-state index is 0.268. The summed E-state index contributed by atoms with van der Waals surface area (Å²) in [5.74, 6) is 0. The summed E-state index contributed by atoms with van der Waals surface area (Å²) in [6.45, 7) is 5.82. The van der Waals surface area contributed by atoms with Gasteiger partial charge in [0.2, 0.25) is 0 Å². The van der Waals surface area contributed by atoms with Crippen molar-refractivity contribution in [1.82, 2.24) is 4.98 Å². The van der Waals surface area contributed by atoms with Crippen molar-refractivity contribution >= 4 is 10.9 Å². The van der Waals surface area contributed by atoms with E-state index < -0.39 is 0 Å². The van der Waals surface area contributed by atoms with E-state index in [4.69, 9.17) is 9.47 Å². The number of fused-ring (bicyclic) bond motifs is 1. The van der Waals surface area contributed by atoms with Crippen molar-refractivity contribution in [3.05, 3.63) is 36.0 Å². The Morgan fingerprint density at radius 1 is 1.00 bits per heavy atom. The summed E-state index contributed by atoms with van der Waals surface area (Å²) in [5.41, 5.74) is 2.21. The summed E-state index contributed by atoms with van der Waals surface area (Å²) in [5, 5.41) is 1.20. The average Bonchev–Trinajstić information content (AvgIpc) is 2.94. The van der Waals surface area contributed by atoms with Gasteiger partial charge in [-0.05, 0) is 24.3 Å². The van der Waals surface area contributed by atoms with Crippen molar-refractivity contribution in [3.8, 4) is 0 Å². The Labute approximate surface area is 121 Å². The zero-order valence-electron chi connectivity index (χ0n) is 12.5. The molecule has 110 valence electrons. The number of aromatic amines is 1. The maximum absolute atomic E-state index is 5.95. The van der Waals surface area contributed by atoms with Gasteiger partial charge in [0.1, 0.15) is 0 Å². The Hall–Kier alpha value is -1.32. The fourth-order valence-electron chi connectivity index (χ4n) is 2.20. The lowest BCUT2D eigenvalue weighted by Crippen LogP contribution is -2.11. The van der Waals surface area contributed by atoms with Crippen molar-refractivity contribution in [2.24, 2.45) is 0 Å². The molecule has 0 saturated carbocycles. The van der Waals surface area contributed by atoms with Gasteiger partial charge >= 0.3 is 0 Å². The molecule has 3 heteroatoms. The molecule has 0 atom stereocenters. The predicted octanol–water partition coefficient (Wildman–Crippen LogP) is 4.80. The Morgan fingerprint density at radius 3 is 2.35 bits per heavy atom. The largest absolute Gasteiger partial charge is 0.361 e. The summed E-state index contributed by atoms with van der Waals surface area (Å²) in [6, 6.07) is 8.32. The minimum Gasteiger partial charge on any atom is -0.361 e. The molecule has 0 radical (unpaired) electrons. The Morgan fingerprint density at radius 2 is 1.70 bits per heavy atom. The van der Waals surface area contributed by atoms with E-state index in [1.807, 2.05) is 6.20 Å². The Kier molecular flexibility index (Phi) is 6.09. The maximum atomic E-state index is 5.95. The number of benzene rings is 1. The van der Waals surface area contributed by atoms with Crippen LogP contribution in [0, 0.1) is 0 Å². The summed E-state index contributed by atoms with van der Waals surface area (Å²) in [4.78, 5) is 3.29. The molecule has 0 spiro atoms. The number of para-hydroxylation sites is 1. The molecule has 0 aliphatic heterocycles. The van der Waals surface area contributed by atoms with Gasteiger partial charge in [-0.15, -0.1) is 0 Å². The summed E-state index contributed by atoms with van der Waals surface area (Å²) >= 11 is 0. The number of H-pyrrole nitrogens is 1. The van der Waals surface area contributed by atoms with Gasteiger partial charge in [0.15, 0.2) is 6.29 Å². The van der Waals surface area contributed by atoms with Crippen molar-refractivity contribution < 1.29 is 9.47 Å². The summed E-state index contributed by atoms with van der Waals surface area (Å²) in [6.07, 6.45) is 6.09. The normalized spacial score (nSPS) is 11.6. The highest BCUT2D eigenvalue weighted by molar-refractivity contribution is 5.82. The van der Waals surface area contributed by atoms with Crippen LogP contribution in [0.15, 0.2) is 30.5 Å². The summed E-state index contributed by atoms with van der Waals surface area (Å²) < 4.78 is 11.9. The van der Waals surface area contributed by atoms with Crippen molar-refractivity contribution in [2.75, 3.05) is 13.2 Å². The number of aromatic nitrogens is 1. The van der Waals surface area contributed by atoms with E-state index in [-0.39, 0.29) is 6.29 Å². The zero-order chi connectivity index (χ0) is 14.2. The molecule has 1 aromatic heterocycles. The second-order valence-corrected chi connectivity index (χ2v) is 5.07. The second kappa shape index (κ2) is 8.08. The third kappa shape index (κ3) is 3.84. The number of rotatable bonds is 9. The van der Waals surface area contributed by atoms with Crippen molar-refractivity contribution in [3.63, 3.8) is 0 Å². The molecule has 1 aromatic carbocycles.